The number of halogens is 2. The average molecular weight is 580 g/mol. The van der Waals surface area contributed by atoms with Crippen molar-refractivity contribution in [1.82, 2.24) is 14.5 Å². The summed E-state index contributed by atoms with van der Waals surface area (Å²) in [5.74, 6) is 1.58. The molecule has 0 aliphatic heterocycles. The second-order valence-corrected chi connectivity index (χ2v) is 11.6. The van der Waals surface area contributed by atoms with E-state index in [-0.39, 0.29) is 10.6 Å². The Balaban J connectivity index is 1.72. The zero-order valence-electron chi connectivity index (χ0n) is 22.7. The summed E-state index contributed by atoms with van der Waals surface area (Å²) in [6, 6.07) is 16.6. The van der Waals surface area contributed by atoms with Crippen molar-refractivity contribution in [3.63, 3.8) is 0 Å². The van der Waals surface area contributed by atoms with Crippen molar-refractivity contribution in [1.29, 1.82) is 0 Å². The molecule has 0 bridgehead atoms. The summed E-state index contributed by atoms with van der Waals surface area (Å²) in [7, 11) is -3.60. The van der Waals surface area contributed by atoms with Crippen LogP contribution in [0.15, 0.2) is 76.2 Å². The first-order chi connectivity index (χ1) is 19.4. The number of aromatic nitrogens is 3. The lowest BCUT2D eigenvalue weighted by atomic mass is 9.97. The minimum Gasteiger partial charge on any atom is -0.440 e. The van der Waals surface area contributed by atoms with Crippen molar-refractivity contribution >= 4 is 9.84 Å². The third-order valence-corrected chi connectivity index (χ3v) is 7.74. The molecule has 2 heterocycles. The molecular weight excluding hydrogens is 552 g/mol. The predicted octanol–water partition coefficient (Wildman–Crippen LogP) is 6.28. The highest BCUT2D eigenvalue weighted by Gasteiger charge is 2.22. The molecule has 0 atom stereocenters. The second kappa shape index (κ2) is 10.9. The number of aryl methyl sites for hydroxylation is 3. The Morgan fingerprint density at radius 2 is 1.61 bits per heavy atom. The van der Waals surface area contributed by atoms with E-state index in [1.807, 2.05) is 42.8 Å². The SMILES string of the molecule is Cc1cn(-c2ccc(-c3ccc(CO)c(S(C)(=O)=O)c3)cc2-c2nc(C)oc2-c2ccc(OC(F)F)cc2)c(C)n1. The summed E-state index contributed by atoms with van der Waals surface area (Å²) in [4.78, 5) is 9.27. The van der Waals surface area contributed by atoms with Crippen LogP contribution in [0.5, 0.6) is 5.75 Å². The molecule has 0 radical (unpaired) electrons. The normalized spacial score (nSPS) is 11.8. The van der Waals surface area contributed by atoms with Crippen LogP contribution in [0.1, 0.15) is 23.0 Å². The average Bonchev–Trinajstić information content (AvgIpc) is 3.48. The molecule has 8 nitrogen and oxygen atoms in total. The molecule has 1 N–H and O–H groups in total. The first kappa shape index (κ1) is 28.2. The van der Waals surface area contributed by atoms with Crippen molar-refractivity contribution in [3.05, 3.63) is 89.8 Å². The van der Waals surface area contributed by atoms with E-state index in [1.54, 1.807) is 37.3 Å². The third-order valence-electron chi connectivity index (χ3n) is 6.56. The summed E-state index contributed by atoms with van der Waals surface area (Å²) in [6.45, 7) is 2.14. The van der Waals surface area contributed by atoms with Gasteiger partial charge in [-0.05, 0) is 73.0 Å². The smallest absolute Gasteiger partial charge is 0.387 e. The van der Waals surface area contributed by atoms with Gasteiger partial charge in [-0.3, -0.25) is 0 Å². The zero-order chi connectivity index (χ0) is 29.5. The fourth-order valence-electron chi connectivity index (χ4n) is 4.78. The number of benzene rings is 3. The van der Waals surface area contributed by atoms with Crippen molar-refractivity contribution in [3.8, 4) is 45.1 Å². The van der Waals surface area contributed by atoms with Gasteiger partial charge in [0.15, 0.2) is 21.5 Å². The van der Waals surface area contributed by atoms with Crippen molar-refractivity contribution in [2.75, 3.05) is 6.26 Å². The van der Waals surface area contributed by atoms with E-state index in [2.05, 4.69) is 14.7 Å². The molecule has 0 spiro atoms. The molecule has 0 aliphatic carbocycles. The van der Waals surface area contributed by atoms with Crippen LogP contribution < -0.4 is 4.74 Å². The summed E-state index contributed by atoms with van der Waals surface area (Å²) in [5.41, 5.74) is 5.01. The minimum absolute atomic E-state index is 0.0155. The molecule has 11 heteroatoms. The Labute approximate surface area is 235 Å². The van der Waals surface area contributed by atoms with Gasteiger partial charge in [-0.2, -0.15) is 8.78 Å². The quantitative estimate of drug-likeness (QED) is 0.230. The fraction of sp³-hybridized carbons (Fsp3) is 0.200. The molecule has 41 heavy (non-hydrogen) atoms. The summed E-state index contributed by atoms with van der Waals surface area (Å²) >= 11 is 0. The molecule has 0 saturated carbocycles. The molecule has 0 saturated heterocycles. The van der Waals surface area contributed by atoms with Gasteiger partial charge in [-0.25, -0.2) is 18.4 Å². The Morgan fingerprint density at radius 3 is 2.22 bits per heavy atom. The molecule has 2 aromatic heterocycles. The lowest BCUT2D eigenvalue weighted by Gasteiger charge is -2.15. The number of imidazole rings is 1. The van der Waals surface area contributed by atoms with Crippen LogP contribution in [0.4, 0.5) is 8.78 Å². The van der Waals surface area contributed by atoms with Gasteiger partial charge >= 0.3 is 6.61 Å². The molecule has 3 aromatic carbocycles. The van der Waals surface area contributed by atoms with Crippen LogP contribution in [0.2, 0.25) is 0 Å². The maximum Gasteiger partial charge on any atom is 0.387 e. The number of ether oxygens (including phenoxy) is 1. The van der Waals surface area contributed by atoms with Gasteiger partial charge in [0.05, 0.1) is 22.9 Å². The number of aliphatic hydroxyl groups excluding tert-OH is 1. The van der Waals surface area contributed by atoms with Crippen LogP contribution in [0.3, 0.4) is 0 Å². The standard InChI is InChI=1S/C30H27F2N3O5S/c1-17-15-35(18(2)33-17)26-12-9-21(22-5-6-23(16-36)27(14-22)41(4,37)38)13-25(26)28-29(39-19(3)34-28)20-7-10-24(11-8-20)40-30(31)32/h5-15,30,36H,16H2,1-4H3. The maximum absolute atomic E-state index is 12.7. The van der Waals surface area contributed by atoms with E-state index in [9.17, 15) is 22.3 Å². The highest BCUT2D eigenvalue weighted by atomic mass is 32.2. The first-order valence-electron chi connectivity index (χ1n) is 12.6. The number of oxazole rings is 1. The van der Waals surface area contributed by atoms with E-state index in [4.69, 9.17) is 4.42 Å². The molecule has 0 amide bonds. The van der Waals surface area contributed by atoms with Gasteiger partial charge < -0.3 is 18.8 Å². The minimum atomic E-state index is -3.60. The molecule has 0 fully saturated rings. The summed E-state index contributed by atoms with van der Waals surface area (Å²) in [6.07, 6.45) is 3.00. The van der Waals surface area contributed by atoms with Crippen LogP contribution in [-0.2, 0) is 16.4 Å². The largest absolute Gasteiger partial charge is 0.440 e. The van der Waals surface area contributed by atoms with Crippen LogP contribution in [0, 0.1) is 20.8 Å². The fourth-order valence-corrected chi connectivity index (χ4v) is 5.73. The number of hydrogen-bond acceptors (Lipinski definition) is 7. The van der Waals surface area contributed by atoms with Crippen molar-refractivity contribution in [2.24, 2.45) is 0 Å². The van der Waals surface area contributed by atoms with Gasteiger partial charge in [0, 0.05) is 30.5 Å². The van der Waals surface area contributed by atoms with Gasteiger partial charge in [0.1, 0.15) is 17.3 Å². The lowest BCUT2D eigenvalue weighted by Crippen LogP contribution is -2.03. The van der Waals surface area contributed by atoms with E-state index < -0.39 is 23.1 Å². The maximum atomic E-state index is 12.7. The number of alkyl halides is 2. The van der Waals surface area contributed by atoms with Crippen LogP contribution >= 0.6 is 0 Å². The highest BCUT2D eigenvalue weighted by molar-refractivity contribution is 7.90. The van der Waals surface area contributed by atoms with E-state index in [0.717, 1.165) is 23.5 Å². The van der Waals surface area contributed by atoms with Gasteiger partial charge in [-0.1, -0.05) is 18.2 Å². The molecule has 0 aliphatic rings. The number of rotatable bonds is 8. The van der Waals surface area contributed by atoms with Crippen LogP contribution in [0.25, 0.3) is 39.4 Å². The molecule has 5 rings (SSSR count). The Hall–Kier alpha value is -4.35. The van der Waals surface area contributed by atoms with Crippen molar-refractivity contribution in [2.45, 2.75) is 38.9 Å². The van der Waals surface area contributed by atoms with Gasteiger partial charge in [0.25, 0.3) is 0 Å². The molecule has 212 valence electrons. The Kier molecular flexibility index (Phi) is 7.50. The number of aliphatic hydroxyl groups is 1. The van der Waals surface area contributed by atoms with Gasteiger partial charge in [0.2, 0.25) is 0 Å². The van der Waals surface area contributed by atoms with E-state index in [1.165, 1.54) is 12.1 Å². The molecule has 0 unspecified atom stereocenters. The topological polar surface area (TPSA) is 107 Å². The highest BCUT2D eigenvalue weighted by Crippen LogP contribution is 2.39. The molecular formula is C30H27F2N3O5S. The number of hydrogen-bond donors (Lipinski definition) is 1. The Bertz CT molecular complexity index is 1840. The summed E-state index contributed by atoms with van der Waals surface area (Å²) < 4.78 is 62.7. The predicted molar refractivity (Wildman–Crippen MR) is 150 cm³/mol. The van der Waals surface area contributed by atoms with E-state index in [0.29, 0.717) is 45.2 Å². The summed E-state index contributed by atoms with van der Waals surface area (Å²) in [5, 5.41) is 9.69. The number of sulfone groups is 1. The first-order valence-corrected chi connectivity index (χ1v) is 14.5. The van der Waals surface area contributed by atoms with Crippen LogP contribution in [-0.4, -0.2) is 40.9 Å². The van der Waals surface area contributed by atoms with Crippen molar-refractivity contribution < 1.29 is 31.5 Å². The second-order valence-electron chi connectivity index (χ2n) is 9.60. The lowest BCUT2D eigenvalue weighted by molar-refractivity contribution is -0.0498. The molecule has 5 aromatic rings. The third kappa shape index (κ3) is 5.77. The van der Waals surface area contributed by atoms with E-state index >= 15 is 0 Å². The monoisotopic (exact) mass is 579 g/mol. The van der Waals surface area contributed by atoms with Gasteiger partial charge in [-0.15, -0.1) is 0 Å². The zero-order valence-corrected chi connectivity index (χ0v) is 23.5. The number of nitrogens with zero attached hydrogens (tertiary/aromatic N) is 3. The Morgan fingerprint density at radius 1 is 0.951 bits per heavy atom.